The van der Waals surface area contributed by atoms with Crippen LogP contribution >= 0.6 is 0 Å². The molecule has 1 aromatic carbocycles. The molecule has 0 saturated carbocycles. The number of nitrogen functional groups attached to an aromatic ring is 1. The lowest BCUT2D eigenvalue weighted by Crippen LogP contribution is -2.26. The summed E-state index contributed by atoms with van der Waals surface area (Å²) in [4.78, 5) is 23.4. The maximum Gasteiger partial charge on any atom is 0.308 e. The van der Waals surface area contributed by atoms with E-state index in [0.29, 0.717) is 0 Å². The van der Waals surface area contributed by atoms with E-state index in [2.05, 4.69) is 0 Å². The summed E-state index contributed by atoms with van der Waals surface area (Å²) >= 11 is 0. The molecular weight excluding hydrogens is 288 g/mol. The monoisotopic (exact) mass is 300 g/mol. The van der Waals surface area contributed by atoms with E-state index in [4.69, 9.17) is 15.4 Å². The smallest absolute Gasteiger partial charge is 0.308 e. The van der Waals surface area contributed by atoms with Gasteiger partial charge in [0.25, 0.3) is 10.1 Å². The number of carbonyl (C=O) groups is 2. The van der Waals surface area contributed by atoms with Crippen LogP contribution in [0.15, 0.2) is 23.1 Å². The number of nitrogens with two attached hydrogens (primary N) is 1. The van der Waals surface area contributed by atoms with E-state index in [1.54, 1.807) is 0 Å². The Kier molecular flexibility index (Phi) is 3.40. The van der Waals surface area contributed by atoms with Gasteiger partial charge in [-0.15, -0.1) is 0 Å². The number of carbonyl (C=O) groups excluding carboxylic acids is 1. The van der Waals surface area contributed by atoms with Gasteiger partial charge in [-0.3, -0.25) is 14.1 Å². The molecule has 1 aromatic rings. The van der Waals surface area contributed by atoms with Crippen LogP contribution in [0.25, 0.3) is 0 Å². The molecule has 1 unspecified atom stereocenters. The average Bonchev–Trinajstić information content (AvgIpc) is 2.70. The molecule has 0 bridgehead atoms. The number of aliphatic carboxylic acids is 1. The molecule has 1 aliphatic heterocycles. The Morgan fingerprint density at radius 1 is 1.40 bits per heavy atom. The molecule has 1 aliphatic rings. The second kappa shape index (κ2) is 4.76. The van der Waals surface area contributed by atoms with Crippen molar-refractivity contribution in [3.63, 3.8) is 0 Å². The SMILES string of the molecule is Nc1ccc(S(=O)(=O)O)cc1N1CC(C(=O)O)CC1=O. The minimum absolute atomic E-state index is 0.0777. The molecule has 2 rings (SSSR count). The molecule has 0 radical (unpaired) electrons. The quantitative estimate of drug-likeness (QED) is 0.525. The van der Waals surface area contributed by atoms with Gasteiger partial charge in [0.15, 0.2) is 0 Å². The van der Waals surface area contributed by atoms with E-state index in [0.717, 1.165) is 17.0 Å². The number of carboxylic acid groups (broad SMARTS) is 1. The zero-order valence-electron chi connectivity index (χ0n) is 10.2. The normalized spacial score (nSPS) is 19.4. The maximum absolute atomic E-state index is 11.8. The topological polar surface area (TPSA) is 138 Å². The summed E-state index contributed by atoms with van der Waals surface area (Å²) in [5.74, 6) is -2.43. The summed E-state index contributed by atoms with van der Waals surface area (Å²) in [6.45, 7) is -0.0900. The molecule has 20 heavy (non-hydrogen) atoms. The fraction of sp³-hybridized carbons (Fsp3) is 0.273. The van der Waals surface area contributed by atoms with Gasteiger partial charge >= 0.3 is 5.97 Å². The first kappa shape index (κ1) is 14.3. The number of anilines is 2. The highest BCUT2D eigenvalue weighted by Crippen LogP contribution is 2.31. The van der Waals surface area contributed by atoms with Gasteiger partial charge in [-0.25, -0.2) is 0 Å². The number of nitrogens with zero attached hydrogens (tertiary/aromatic N) is 1. The lowest BCUT2D eigenvalue weighted by molar-refractivity contribution is -0.141. The molecule has 4 N–H and O–H groups in total. The van der Waals surface area contributed by atoms with Crippen LogP contribution in [0.5, 0.6) is 0 Å². The number of carboxylic acids is 1. The van der Waals surface area contributed by atoms with Crippen LogP contribution in [0, 0.1) is 5.92 Å². The van der Waals surface area contributed by atoms with Crippen molar-refractivity contribution in [2.24, 2.45) is 5.92 Å². The third-order valence-corrected chi connectivity index (χ3v) is 3.91. The zero-order valence-corrected chi connectivity index (χ0v) is 11.0. The molecule has 1 fully saturated rings. The molecular formula is C11H12N2O6S. The van der Waals surface area contributed by atoms with Crippen LogP contribution in [0.3, 0.4) is 0 Å². The molecule has 1 saturated heterocycles. The van der Waals surface area contributed by atoms with Gasteiger partial charge in [-0.05, 0) is 18.2 Å². The molecule has 1 heterocycles. The minimum atomic E-state index is -4.43. The maximum atomic E-state index is 11.8. The fourth-order valence-corrected chi connectivity index (χ4v) is 2.52. The second-order valence-corrected chi connectivity index (χ2v) is 5.86. The molecule has 8 nitrogen and oxygen atoms in total. The van der Waals surface area contributed by atoms with Crippen LogP contribution in [-0.2, 0) is 19.7 Å². The van der Waals surface area contributed by atoms with E-state index in [-0.39, 0.29) is 24.3 Å². The van der Waals surface area contributed by atoms with Crippen molar-refractivity contribution in [1.29, 1.82) is 0 Å². The molecule has 1 atom stereocenters. The number of amides is 1. The third-order valence-electron chi connectivity index (χ3n) is 3.06. The van der Waals surface area contributed by atoms with Gasteiger partial charge in [0, 0.05) is 13.0 Å². The molecule has 0 aromatic heterocycles. The average molecular weight is 300 g/mol. The molecule has 1 amide bonds. The summed E-state index contributed by atoms with van der Waals surface area (Å²) in [5.41, 5.74) is 5.88. The summed E-state index contributed by atoms with van der Waals surface area (Å²) in [7, 11) is -4.43. The van der Waals surface area contributed by atoms with Crippen molar-refractivity contribution in [2.45, 2.75) is 11.3 Å². The molecule has 108 valence electrons. The Morgan fingerprint density at radius 3 is 2.55 bits per heavy atom. The highest BCUT2D eigenvalue weighted by atomic mass is 32.2. The lowest BCUT2D eigenvalue weighted by atomic mass is 10.1. The van der Waals surface area contributed by atoms with Crippen molar-refractivity contribution in [3.8, 4) is 0 Å². The van der Waals surface area contributed by atoms with Crippen LogP contribution in [-0.4, -0.2) is 36.5 Å². The Bertz CT molecular complexity index is 684. The Labute approximate surface area is 114 Å². The zero-order chi connectivity index (χ0) is 15.1. The van der Waals surface area contributed by atoms with Crippen LogP contribution < -0.4 is 10.6 Å². The van der Waals surface area contributed by atoms with Crippen molar-refractivity contribution in [3.05, 3.63) is 18.2 Å². The number of hydrogen-bond donors (Lipinski definition) is 3. The van der Waals surface area contributed by atoms with Gasteiger partial charge in [-0.2, -0.15) is 8.42 Å². The summed E-state index contributed by atoms with van der Waals surface area (Å²) in [6.07, 6.45) is -0.176. The van der Waals surface area contributed by atoms with Crippen molar-refractivity contribution in [2.75, 3.05) is 17.2 Å². The minimum Gasteiger partial charge on any atom is -0.481 e. The predicted octanol–water partition coefficient (Wildman–Crippen LogP) is -0.0470. The van der Waals surface area contributed by atoms with E-state index in [1.165, 1.54) is 6.07 Å². The van der Waals surface area contributed by atoms with Gasteiger partial charge in [0.05, 0.1) is 22.2 Å². The van der Waals surface area contributed by atoms with Gasteiger partial charge < -0.3 is 15.7 Å². The third kappa shape index (κ3) is 2.58. The van der Waals surface area contributed by atoms with Crippen LogP contribution in [0.1, 0.15) is 6.42 Å². The van der Waals surface area contributed by atoms with Gasteiger partial charge in [0.1, 0.15) is 0 Å². The lowest BCUT2D eigenvalue weighted by Gasteiger charge is -2.18. The molecule has 0 spiro atoms. The van der Waals surface area contributed by atoms with E-state index in [9.17, 15) is 18.0 Å². The molecule has 0 aliphatic carbocycles. The predicted molar refractivity (Wildman–Crippen MR) is 68.8 cm³/mol. The van der Waals surface area contributed by atoms with Gasteiger partial charge in [0.2, 0.25) is 5.91 Å². The van der Waals surface area contributed by atoms with Crippen molar-refractivity contribution < 1.29 is 27.7 Å². The van der Waals surface area contributed by atoms with Crippen molar-refractivity contribution >= 4 is 33.4 Å². The van der Waals surface area contributed by atoms with E-state index in [1.807, 2.05) is 0 Å². The van der Waals surface area contributed by atoms with Crippen LogP contribution in [0.4, 0.5) is 11.4 Å². The van der Waals surface area contributed by atoms with Gasteiger partial charge in [-0.1, -0.05) is 0 Å². The highest BCUT2D eigenvalue weighted by Gasteiger charge is 2.36. The number of hydrogen-bond acceptors (Lipinski definition) is 5. The number of benzene rings is 1. The van der Waals surface area contributed by atoms with E-state index >= 15 is 0 Å². The first-order chi connectivity index (χ1) is 9.20. The molecule has 9 heteroatoms. The number of rotatable bonds is 3. The van der Waals surface area contributed by atoms with Crippen molar-refractivity contribution in [1.82, 2.24) is 0 Å². The largest absolute Gasteiger partial charge is 0.481 e. The summed E-state index contributed by atoms with van der Waals surface area (Å²) in [5, 5.41) is 8.90. The first-order valence-corrected chi connectivity index (χ1v) is 7.04. The van der Waals surface area contributed by atoms with Crippen LogP contribution in [0.2, 0.25) is 0 Å². The Morgan fingerprint density at radius 2 is 2.05 bits per heavy atom. The highest BCUT2D eigenvalue weighted by molar-refractivity contribution is 7.85. The Hall–Kier alpha value is -2.13. The second-order valence-electron chi connectivity index (χ2n) is 4.44. The Balaban J connectivity index is 2.43. The van der Waals surface area contributed by atoms with E-state index < -0.39 is 32.8 Å². The first-order valence-electron chi connectivity index (χ1n) is 5.60. The summed E-state index contributed by atoms with van der Waals surface area (Å²) in [6, 6.07) is 3.38. The fourth-order valence-electron chi connectivity index (χ4n) is 2.02. The standard InChI is InChI=1S/C11H12N2O6S/c12-8-2-1-7(20(17,18)19)4-9(8)13-5-6(11(15)16)3-10(13)14/h1-2,4,6H,3,5,12H2,(H,15,16)(H,17,18,19). The summed E-state index contributed by atoms with van der Waals surface area (Å²) < 4.78 is 31.2.